The number of nitrogens with one attached hydrogen (secondary N) is 2. The molecular formula is C17H23N2O5-. The molecule has 0 aliphatic carbocycles. The Hall–Kier alpha value is -2.28. The van der Waals surface area contributed by atoms with Gasteiger partial charge < -0.3 is 30.0 Å². The molecule has 7 nitrogen and oxygen atoms in total. The number of methoxy groups -OCH3 is 1. The van der Waals surface area contributed by atoms with E-state index < -0.39 is 5.97 Å². The third kappa shape index (κ3) is 4.86. The molecule has 24 heavy (non-hydrogen) atoms. The maximum Gasteiger partial charge on any atom is 0.314 e. The average molecular weight is 335 g/mol. The lowest BCUT2D eigenvalue weighted by Gasteiger charge is -2.38. The van der Waals surface area contributed by atoms with Crippen LogP contribution in [0.3, 0.4) is 0 Å². The predicted octanol–water partition coefficient (Wildman–Crippen LogP) is 0.183. The number of carboxylic acid groups (broad SMARTS) is 1. The van der Waals surface area contributed by atoms with Crippen molar-refractivity contribution in [2.75, 3.05) is 33.4 Å². The molecule has 0 bridgehead atoms. The van der Waals surface area contributed by atoms with Gasteiger partial charge in [0.25, 0.3) is 0 Å². The largest absolute Gasteiger partial charge is 0.550 e. The molecule has 7 heteroatoms. The van der Waals surface area contributed by atoms with Crippen LogP contribution in [0.2, 0.25) is 0 Å². The fourth-order valence-electron chi connectivity index (χ4n) is 2.86. The monoisotopic (exact) mass is 335 g/mol. The minimum Gasteiger partial charge on any atom is -0.550 e. The van der Waals surface area contributed by atoms with Crippen molar-refractivity contribution in [3.05, 3.63) is 29.8 Å². The van der Waals surface area contributed by atoms with Gasteiger partial charge in [-0.2, -0.15) is 0 Å². The first kappa shape index (κ1) is 18.1. The number of hydrogen-bond acceptors (Lipinski definition) is 5. The van der Waals surface area contributed by atoms with E-state index in [9.17, 15) is 14.7 Å². The molecule has 132 valence electrons. The zero-order valence-electron chi connectivity index (χ0n) is 13.8. The summed E-state index contributed by atoms with van der Waals surface area (Å²) < 4.78 is 10.7. The van der Waals surface area contributed by atoms with E-state index in [-0.39, 0.29) is 24.4 Å². The minimum atomic E-state index is -1.19. The van der Waals surface area contributed by atoms with Gasteiger partial charge in [-0.1, -0.05) is 12.1 Å². The maximum absolute atomic E-state index is 11.9. The van der Waals surface area contributed by atoms with Gasteiger partial charge in [0.05, 0.1) is 7.11 Å². The Morgan fingerprint density at radius 3 is 2.46 bits per heavy atom. The molecule has 1 aromatic rings. The number of carbonyl (C=O) groups excluding carboxylic acids is 2. The Morgan fingerprint density at radius 1 is 1.21 bits per heavy atom. The molecule has 1 aliphatic heterocycles. The van der Waals surface area contributed by atoms with Gasteiger partial charge in [0.1, 0.15) is 5.75 Å². The number of urea groups is 1. The Labute approximate surface area is 141 Å². The van der Waals surface area contributed by atoms with Crippen LogP contribution in [0.5, 0.6) is 5.75 Å². The van der Waals surface area contributed by atoms with Gasteiger partial charge in [0.15, 0.2) is 0 Å². The number of aliphatic carboxylic acids is 1. The van der Waals surface area contributed by atoms with E-state index in [1.54, 1.807) is 7.11 Å². The molecule has 0 aromatic heterocycles. The normalized spacial score (nSPS) is 16.2. The molecule has 2 rings (SSSR count). The van der Waals surface area contributed by atoms with Crippen LogP contribution < -0.4 is 20.5 Å². The van der Waals surface area contributed by atoms with Crippen molar-refractivity contribution in [2.24, 2.45) is 0 Å². The number of carboxylic acids is 1. The third-order valence-electron chi connectivity index (χ3n) is 4.35. The van der Waals surface area contributed by atoms with E-state index >= 15 is 0 Å². The van der Waals surface area contributed by atoms with Crippen LogP contribution >= 0.6 is 0 Å². The minimum absolute atomic E-state index is 0.0484. The summed E-state index contributed by atoms with van der Waals surface area (Å²) in [6.45, 7) is 1.78. The van der Waals surface area contributed by atoms with Gasteiger partial charge in [0, 0.05) is 44.1 Å². The summed E-state index contributed by atoms with van der Waals surface area (Å²) in [5.74, 6) is -0.400. The van der Waals surface area contributed by atoms with Crippen LogP contribution in [0.25, 0.3) is 0 Å². The predicted molar refractivity (Wildman–Crippen MR) is 85.8 cm³/mol. The summed E-state index contributed by atoms with van der Waals surface area (Å²) in [4.78, 5) is 22.2. The second-order valence-electron chi connectivity index (χ2n) is 5.85. The molecule has 2 amide bonds. The number of ether oxygens (including phenoxy) is 2. The highest BCUT2D eigenvalue weighted by Crippen LogP contribution is 2.35. The number of hydrogen-bond donors (Lipinski definition) is 2. The van der Waals surface area contributed by atoms with Crippen LogP contribution in [-0.2, 0) is 14.9 Å². The Kier molecular flexibility index (Phi) is 6.43. The van der Waals surface area contributed by atoms with E-state index in [0.717, 1.165) is 24.2 Å². The van der Waals surface area contributed by atoms with Crippen molar-refractivity contribution in [1.82, 2.24) is 10.6 Å². The molecule has 1 aromatic carbocycles. The summed E-state index contributed by atoms with van der Waals surface area (Å²) >= 11 is 0. The SMILES string of the molecule is COc1ccc(C2(CNC(=O)NCCC(=O)[O-])CCOCC2)cc1. The smallest absolute Gasteiger partial charge is 0.314 e. The summed E-state index contributed by atoms with van der Waals surface area (Å²) in [5, 5.41) is 15.7. The van der Waals surface area contributed by atoms with E-state index in [1.165, 1.54) is 0 Å². The summed E-state index contributed by atoms with van der Waals surface area (Å²) in [6.07, 6.45) is 1.40. The Balaban J connectivity index is 1.99. The van der Waals surface area contributed by atoms with E-state index in [2.05, 4.69) is 10.6 Å². The van der Waals surface area contributed by atoms with Crippen LogP contribution in [0.4, 0.5) is 4.79 Å². The lowest BCUT2D eigenvalue weighted by Crippen LogP contribution is -2.47. The highest BCUT2D eigenvalue weighted by molar-refractivity contribution is 5.74. The first-order valence-electron chi connectivity index (χ1n) is 7.99. The molecule has 0 saturated carbocycles. The first-order chi connectivity index (χ1) is 11.6. The standard InChI is InChI=1S/C17H24N2O5/c1-23-14-4-2-13(3-5-14)17(7-10-24-11-8-17)12-19-16(22)18-9-6-15(20)21/h2-5H,6-12H2,1H3,(H,20,21)(H2,18,19,22)/p-1. The van der Waals surface area contributed by atoms with Gasteiger partial charge in [-0.25, -0.2) is 4.79 Å². The third-order valence-corrected chi connectivity index (χ3v) is 4.35. The number of rotatable bonds is 7. The van der Waals surface area contributed by atoms with Crippen LogP contribution in [0.15, 0.2) is 24.3 Å². The van der Waals surface area contributed by atoms with Gasteiger partial charge in [-0.15, -0.1) is 0 Å². The zero-order valence-corrected chi connectivity index (χ0v) is 13.8. The van der Waals surface area contributed by atoms with E-state index in [4.69, 9.17) is 9.47 Å². The lowest BCUT2D eigenvalue weighted by atomic mass is 9.74. The summed E-state index contributed by atoms with van der Waals surface area (Å²) in [7, 11) is 1.62. The molecule has 1 aliphatic rings. The van der Waals surface area contributed by atoms with Crippen LogP contribution in [-0.4, -0.2) is 45.4 Å². The fourth-order valence-corrected chi connectivity index (χ4v) is 2.86. The molecule has 0 radical (unpaired) electrons. The van der Waals surface area contributed by atoms with Gasteiger partial charge in [-0.05, 0) is 30.5 Å². The second kappa shape index (κ2) is 8.54. The molecule has 1 heterocycles. The molecule has 0 atom stereocenters. The van der Waals surface area contributed by atoms with Crippen LogP contribution in [0.1, 0.15) is 24.8 Å². The topological polar surface area (TPSA) is 99.7 Å². The number of amides is 2. The molecule has 1 saturated heterocycles. The van der Waals surface area contributed by atoms with Gasteiger partial charge in [0.2, 0.25) is 0 Å². The van der Waals surface area contributed by atoms with Gasteiger partial charge >= 0.3 is 6.03 Å². The lowest BCUT2D eigenvalue weighted by molar-refractivity contribution is -0.305. The molecular weight excluding hydrogens is 312 g/mol. The average Bonchev–Trinajstić information content (AvgIpc) is 2.60. The number of benzene rings is 1. The molecule has 2 N–H and O–H groups in total. The summed E-state index contributed by atoms with van der Waals surface area (Å²) in [6, 6.07) is 7.47. The maximum atomic E-state index is 11.9. The first-order valence-corrected chi connectivity index (χ1v) is 7.99. The van der Waals surface area contributed by atoms with Crippen molar-refractivity contribution in [1.29, 1.82) is 0 Å². The molecule has 0 unspecified atom stereocenters. The fraction of sp³-hybridized carbons (Fsp3) is 0.529. The molecule has 1 fully saturated rings. The summed E-state index contributed by atoms with van der Waals surface area (Å²) in [5.41, 5.74) is 0.928. The van der Waals surface area contributed by atoms with Crippen molar-refractivity contribution >= 4 is 12.0 Å². The Bertz CT molecular complexity index is 553. The van der Waals surface area contributed by atoms with Crippen molar-refractivity contribution in [2.45, 2.75) is 24.7 Å². The highest BCUT2D eigenvalue weighted by atomic mass is 16.5. The zero-order chi connectivity index (χ0) is 17.4. The van der Waals surface area contributed by atoms with E-state index in [0.29, 0.717) is 19.8 Å². The van der Waals surface area contributed by atoms with Gasteiger partial charge in [-0.3, -0.25) is 0 Å². The molecule has 0 spiro atoms. The second-order valence-corrected chi connectivity index (χ2v) is 5.85. The quantitative estimate of drug-likeness (QED) is 0.741. The van der Waals surface area contributed by atoms with Crippen molar-refractivity contribution in [3.63, 3.8) is 0 Å². The highest BCUT2D eigenvalue weighted by Gasteiger charge is 2.34. The Morgan fingerprint density at radius 2 is 1.88 bits per heavy atom. The van der Waals surface area contributed by atoms with E-state index in [1.807, 2.05) is 24.3 Å². The van der Waals surface area contributed by atoms with Crippen molar-refractivity contribution in [3.8, 4) is 5.75 Å². The van der Waals surface area contributed by atoms with Crippen LogP contribution in [0, 0.1) is 0 Å². The number of carbonyl (C=O) groups is 2. The van der Waals surface area contributed by atoms with Crippen molar-refractivity contribution < 1.29 is 24.2 Å².